The Morgan fingerprint density at radius 2 is 1.79 bits per heavy atom. The van der Waals surface area contributed by atoms with Crippen LogP contribution in [0.1, 0.15) is 18.9 Å². The predicted octanol–water partition coefficient (Wildman–Crippen LogP) is 5.51. The Balaban J connectivity index is 1.88. The minimum Gasteiger partial charge on any atom is -0.324 e. The normalized spacial score (nSPS) is 13.9. The fraction of sp³-hybridized carbons (Fsp3) is 0.238. The molecule has 1 aromatic heterocycles. The van der Waals surface area contributed by atoms with Gasteiger partial charge in [0.2, 0.25) is 5.91 Å². The van der Waals surface area contributed by atoms with Gasteiger partial charge in [0.1, 0.15) is 11.3 Å². The third-order valence-electron chi connectivity index (χ3n) is 4.50. The number of nitrogens with zero attached hydrogens (tertiary/aromatic N) is 1. The fourth-order valence-corrected chi connectivity index (χ4v) is 3.19. The van der Waals surface area contributed by atoms with E-state index in [1.807, 2.05) is 0 Å². The van der Waals surface area contributed by atoms with E-state index in [1.54, 1.807) is 36.4 Å². The summed E-state index contributed by atoms with van der Waals surface area (Å²) in [5.74, 6) is -1.28. The van der Waals surface area contributed by atoms with Gasteiger partial charge in [-0.1, -0.05) is 49.4 Å². The van der Waals surface area contributed by atoms with Crippen LogP contribution in [0.4, 0.5) is 23.2 Å². The minimum absolute atomic E-state index is 0.0746. The number of carbonyl (C=O) groups is 1. The lowest BCUT2D eigenvalue weighted by molar-refractivity contribution is -0.164. The largest absolute Gasteiger partial charge is 0.390 e. The molecular formula is C21H18F4N2O. The van der Waals surface area contributed by atoms with Gasteiger partial charge in [-0.2, -0.15) is 13.2 Å². The van der Waals surface area contributed by atoms with Crippen LogP contribution >= 0.6 is 0 Å². The molecule has 0 aliphatic heterocycles. The highest BCUT2D eigenvalue weighted by molar-refractivity contribution is 5.96. The van der Waals surface area contributed by atoms with E-state index in [2.05, 4.69) is 10.3 Å². The maximum Gasteiger partial charge on any atom is 0.390 e. The molecule has 0 saturated carbocycles. The molecule has 1 unspecified atom stereocenters. The van der Waals surface area contributed by atoms with Crippen molar-refractivity contribution < 1.29 is 22.4 Å². The van der Waals surface area contributed by atoms with Crippen LogP contribution in [0.2, 0.25) is 0 Å². The van der Waals surface area contributed by atoms with Gasteiger partial charge >= 0.3 is 6.18 Å². The first-order chi connectivity index (χ1) is 13.2. The molecule has 1 atom stereocenters. The molecule has 1 heterocycles. The van der Waals surface area contributed by atoms with E-state index in [4.69, 9.17) is 0 Å². The fourth-order valence-electron chi connectivity index (χ4n) is 3.19. The number of rotatable bonds is 5. The standard InChI is InChI=1S/C21H18F4N2O/c1-20(13-21(23,24)25,11-14-6-3-2-4-7-14)19(28)27-16-10-15-8-5-9-17(22)18(15)26-12-16/h2-10,12H,11,13H2,1H3,(H,27,28). The molecule has 0 aliphatic rings. The van der Waals surface area contributed by atoms with E-state index in [1.165, 1.54) is 31.3 Å². The molecule has 3 aromatic rings. The van der Waals surface area contributed by atoms with Crippen molar-refractivity contribution in [3.63, 3.8) is 0 Å². The molecule has 0 saturated heterocycles. The lowest BCUT2D eigenvalue weighted by atomic mass is 9.79. The van der Waals surface area contributed by atoms with E-state index in [0.29, 0.717) is 10.9 Å². The number of carbonyl (C=O) groups excluding carboxylic acids is 1. The maximum absolute atomic E-state index is 13.7. The number of hydrogen-bond acceptors (Lipinski definition) is 2. The topological polar surface area (TPSA) is 42.0 Å². The van der Waals surface area contributed by atoms with Gasteiger partial charge in [0.05, 0.1) is 23.7 Å². The monoisotopic (exact) mass is 390 g/mol. The second kappa shape index (κ2) is 7.58. The Bertz CT molecular complexity index is 989. The van der Waals surface area contributed by atoms with Crippen LogP contribution in [0, 0.1) is 11.2 Å². The number of para-hydroxylation sites is 1. The van der Waals surface area contributed by atoms with Crippen molar-refractivity contribution in [2.45, 2.75) is 25.9 Å². The summed E-state index contributed by atoms with van der Waals surface area (Å²) < 4.78 is 53.2. The molecule has 146 valence electrons. The smallest absolute Gasteiger partial charge is 0.324 e. The van der Waals surface area contributed by atoms with Gasteiger partial charge in [-0.3, -0.25) is 9.78 Å². The molecule has 7 heteroatoms. The first kappa shape index (κ1) is 19.8. The van der Waals surface area contributed by atoms with Gasteiger partial charge in [-0.15, -0.1) is 0 Å². The Hall–Kier alpha value is -2.96. The van der Waals surface area contributed by atoms with Gasteiger partial charge in [0, 0.05) is 5.39 Å². The van der Waals surface area contributed by atoms with Gasteiger partial charge < -0.3 is 5.32 Å². The van der Waals surface area contributed by atoms with Crippen molar-refractivity contribution in [3.05, 3.63) is 72.2 Å². The Morgan fingerprint density at radius 1 is 1.07 bits per heavy atom. The number of halogens is 4. The first-order valence-corrected chi connectivity index (χ1v) is 8.63. The van der Waals surface area contributed by atoms with Crippen molar-refractivity contribution >= 4 is 22.5 Å². The summed E-state index contributed by atoms with van der Waals surface area (Å²) in [7, 11) is 0. The molecule has 0 spiro atoms. The molecule has 28 heavy (non-hydrogen) atoms. The summed E-state index contributed by atoms with van der Waals surface area (Å²) in [5.41, 5.74) is -0.744. The van der Waals surface area contributed by atoms with Gasteiger partial charge in [-0.25, -0.2) is 4.39 Å². The molecule has 1 amide bonds. The maximum atomic E-state index is 13.7. The summed E-state index contributed by atoms with van der Waals surface area (Å²) >= 11 is 0. The Kier molecular flexibility index (Phi) is 5.36. The van der Waals surface area contributed by atoms with E-state index < -0.39 is 29.7 Å². The van der Waals surface area contributed by atoms with E-state index >= 15 is 0 Å². The van der Waals surface area contributed by atoms with Gasteiger partial charge in [0.25, 0.3) is 0 Å². The van der Waals surface area contributed by atoms with Crippen molar-refractivity contribution in [1.82, 2.24) is 4.98 Å². The lowest BCUT2D eigenvalue weighted by Crippen LogP contribution is -2.39. The molecule has 2 aromatic carbocycles. The number of fused-ring (bicyclic) bond motifs is 1. The van der Waals surface area contributed by atoms with E-state index in [9.17, 15) is 22.4 Å². The van der Waals surface area contributed by atoms with Crippen molar-refractivity contribution in [1.29, 1.82) is 0 Å². The zero-order valence-corrected chi connectivity index (χ0v) is 15.1. The molecule has 3 nitrogen and oxygen atoms in total. The second-order valence-electron chi connectivity index (χ2n) is 7.00. The minimum atomic E-state index is -4.51. The number of benzene rings is 2. The van der Waals surface area contributed by atoms with Crippen molar-refractivity contribution in [3.8, 4) is 0 Å². The van der Waals surface area contributed by atoms with Crippen LogP contribution in [0.3, 0.4) is 0 Å². The molecule has 0 radical (unpaired) electrons. The number of pyridine rings is 1. The zero-order valence-electron chi connectivity index (χ0n) is 15.1. The van der Waals surface area contributed by atoms with E-state index in [0.717, 1.165) is 0 Å². The van der Waals surface area contributed by atoms with Crippen LogP contribution in [0.5, 0.6) is 0 Å². The summed E-state index contributed by atoms with van der Waals surface area (Å²) in [4.78, 5) is 16.8. The third kappa shape index (κ3) is 4.65. The number of nitrogens with one attached hydrogen (secondary N) is 1. The van der Waals surface area contributed by atoms with Crippen LogP contribution < -0.4 is 5.32 Å². The number of aromatic nitrogens is 1. The quantitative estimate of drug-likeness (QED) is 0.584. The third-order valence-corrected chi connectivity index (χ3v) is 4.50. The molecular weight excluding hydrogens is 372 g/mol. The molecule has 0 bridgehead atoms. The summed E-state index contributed by atoms with van der Waals surface area (Å²) in [6, 6.07) is 14.4. The number of alkyl halides is 3. The Labute approximate surface area is 159 Å². The predicted molar refractivity (Wildman–Crippen MR) is 99.3 cm³/mol. The van der Waals surface area contributed by atoms with Gasteiger partial charge in [-0.05, 0) is 24.1 Å². The Morgan fingerprint density at radius 3 is 2.46 bits per heavy atom. The summed E-state index contributed by atoms with van der Waals surface area (Å²) in [6.45, 7) is 1.29. The van der Waals surface area contributed by atoms with Crippen LogP contribution in [0.15, 0.2) is 60.8 Å². The van der Waals surface area contributed by atoms with Crippen LogP contribution in [-0.4, -0.2) is 17.1 Å². The lowest BCUT2D eigenvalue weighted by Gasteiger charge is -2.29. The summed E-state index contributed by atoms with van der Waals surface area (Å²) in [5, 5.41) is 2.96. The molecule has 0 fully saturated rings. The SMILES string of the molecule is CC(Cc1ccccc1)(CC(F)(F)F)C(=O)Nc1cnc2c(F)cccc2c1. The van der Waals surface area contributed by atoms with Crippen molar-refractivity contribution in [2.75, 3.05) is 5.32 Å². The number of anilines is 1. The second-order valence-corrected chi connectivity index (χ2v) is 7.00. The zero-order chi connectivity index (χ0) is 20.4. The van der Waals surface area contributed by atoms with Crippen LogP contribution in [0.25, 0.3) is 10.9 Å². The average Bonchev–Trinajstić information content (AvgIpc) is 2.61. The highest BCUT2D eigenvalue weighted by Gasteiger charge is 2.44. The average molecular weight is 390 g/mol. The van der Waals surface area contributed by atoms with Crippen molar-refractivity contribution in [2.24, 2.45) is 5.41 Å². The van der Waals surface area contributed by atoms with Crippen LogP contribution in [-0.2, 0) is 11.2 Å². The highest BCUT2D eigenvalue weighted by atomic mass is 19.4. The van der Waals surface area contributed by atoms with E-state index in [-0.39, 0.29) is 17.6 Å². The molecule has 1 N–H and O–H groups in total. The molecule has 3 rings (SSSR count). The highest BCUT2D eigenvalue weighted by Crippen LogP contribution is 2.37. The van der Waals surface area contributed by atoms with Gasteiger partial charge in [0.15, 0.2) is 0 Å². The number of amides is 1. The first-order valence-electron chi connectivity index (χ1n) is 8.63. The summed E-state index contributed by atoms with van der Waals surface area (Å²) in [6.07, 6.45) is -4.61. The molecule has 0 aliphatic carbocycles. The number of hydrogen-bond donors (Lipinski definition) is 1.